The second-order valence-corrected chi connectivity index (χ2v) is 12.8. The quantitative estimate of drug-likeness (QED) is 0.508. The molecule has 0 radical (unpaired) electrons. The van der Waals surface area contributed by atoms with Gasteiger partial charge in [0.25, 0.3) is 0 Å². The van der Waals surface area contributed by atoms with Crippen molar-refractivity contribution >= 4 is 20.4 Å². The number of carbonyl (C=O) groups excluding carboxylic acids is 1. The molecule has 0 unspecified atom stereocenters. The molecule has 0 aliphatic carbocycles. The van der Waals surface area contributed by atoms with Gasteiger partial charge in [-0.2, -0.15) is 0 Å². The molecule has 4 heteroatoms. The van der Waals surface area contributed by atoms with Crippen molar-refractivity contribution in [3.8, 4) is 0 Å². The number of benzene rings is 1. The van der Waals surface area contributed by atoms with Gasteiger partial charge in [-0.3, -0.25) is 4.79 Å². The van der Waals surface area contributed by atoms with E-state index in [-0.39, 0.29) is 17.4 Å². The Kier molecular flexibility index (Phi) is 6.59. The zero-order chi connectivity index (χ0) is 18.6. The van der Waals surface area contributed by atoms with Crippen LogP contribution in [0.4, 0.5) is 0 Å². The zero-order valence-corrected chi connectivity index (χ0v) is 17.4. The number of methoxy groups -OCH3 is 1. The van der Waals surface area contributed by atoms with E-state index in [1.807, 2.05) is 44.2 Å². The molecule has 0 N–H and O–H groups in total. The Morgan fingerprint density at radius 2 is 1.67 bits per heavy atom. The Morgan fingerprint density at radius 3 is 2.12 bits per heavy atom. The summed E-state index contributed by atoms with van der Waals surface area (Å²) in [5.74, 6) is -0.253. The van der Waals surface area contributed by atoms with Crippen LogP contribution < -0.4 is 0 Å². The molecule has 0 aliphatic heterocycles. The van der Waals surface area contributed by atoms with E-state index in [2.05, 4.69) is 39.9 Å². The molecule has 0 heterocycles. The van der Waals surface area contributed by atoms with Crippen molar-refractivity contribution in [3.05, 3.63) is 41.5 Å². The molecule has 1 rings (SSSR count). The van der Waals surface area contributed by atoms with Gasteiger partial charge in [0.2, 0.25) is 0 Å². The number of carbonyl (C=O) groups is 1. The van der Waals surface area contributed by atoms with Gasteiger partial charge >= 0.3 is 5.97 Å². The predicted molar refractivity (Wildman–Crippen MR) is 103 cm³/mol. The van der Waals surface area contributed by atoms with E-state index >= 15 is 0 Å². The second-order valence-electron chi connectivity index (χ2n) is 8.08. The molecule has 0 aromatic heterocycles. The Morgan fingerprint density at radius 1 is 1.12 bits per heavy atom. The van der Waals surface area contributed by atoms with E-state index in [4.69, 9.17) is 9.16 Å². The van der Waals surface area contributed by atoms with Gasteiger partial charge in [-0.15, -0.1) is 0 Å². The Balaban J connectivity index is 3.24. The third-order valence-corrected chi connectivity index (χ3v) is 9.59. The van der Waals surface area contributed by atoms with Crippen molar-refractivity contribution < 1.29 is 14.0 Å². The second kappa shape index (κ2) is 7.66. The minimum atomic E-state index is -2.05. The lowest BCUT2D eigenvalue weighted by molar-refractivity contribution is -0.144. The summed E-state index contributed by atoms with van der Waals surface area (Å²) in [5, 5.41) is 0.0669. The number of hydrogen-bond donors (Lipinski definition) is 0. The summed E-state index contributed by atoms with van der Waals surface area (Å²) in [6.45, 7) is 15.1. The first-order valence-corrected chi connectivity index (χ1v) is 11.3. The largest absolute Gasteiger partial charge is 0.469 e. The molecule has 0 spiro atoms. The minimum Gasteiger partial charge on any atom is -0.469 e. The number of hydrogen-bond acceptors (Lipinski definition) is 3. The first-order valence-electron chi connectivity index (χ1n) is 8.42. The van der Waals surface area contributed by atoms with Crippen LogP contribution in [0.3, 0.4) is 0 Å². The molecule has 1 aromatic rings. The van der Waals surface area contributed by atoms with Gasteiger partial charge in [0.05, 0.1) is 19.1 Å². The van der Waals surface area contributed by atoms with Crippen molar-refractivity contribution in [2.24, 2.45) is 0 Å². The van der Waals surface area contributed by atoms with Crippen molar-refractivity contribution in [1.29, 1.82) is 0 Å². The highest BCUT2D eigenvalue weighted by Gasteiger charge is 2.44. The summed E-state index contributed by atoms with van der Waals surface area (Å²) in [6, 6.07) is 10.1. The normalized spacial score (nSPS) is 15.8. The van der Waals surface area contributed by atoms with Gasteiger partial charge in [0.1, 0.15) is 0 Å². The van der Waals surface area contributed by atoms with Crippen LogP contribution in [0.5, 0.6) is 0 Å². The average molecular weight is 349 g/mol. The fraction of sp³-hybridized carbons (Fsp3) is 0.550. The summed E-state index contributed by atoms with van der Waals surface area (Å²) in [7, 11) is -0.627. The van der Waals surface area contributed by atoms with Gasteiger partial charge < -0.3 is 9.16 Å². The summed E-state index contributed by atoms with van der Waals surface area (Å²) >= 11 is 0. The maximum atomic E-state index is 12.0. The van der Waals surface area contributed by atoms with E-state index in [9.17, 15) is 4.79 Å². The van der Waals surface area contributed by atoms with E-state index in [1.54, 1.807) is 0 Å². The standard InChI is InChI=1S/C20H32O3Si/c1-16(14-17-12-10-9-11-13-17)20(5,15-18(21)22-6)23-24(7,8)19(2,3)4/h9-14H,15H2,1-8H3/b16-14+/t20-/m0/s1. The van der Waals surface area contributed by atoms with Crippen LogP contribution in [-0.2, 0) is 14.0 Å². The summed E-state index contributed by atoms with van der Waals surface area (Å²) < 4.78 is 11.6. The van der Waals surface area contributed by atoms with E-state index < -0.39 is 13.9 Å². The molecule has 0 amide bonds. The molecule has 0 aliphatic rings. The third-order valence-electron chi connectivity index (χ3n) is 5.01. The molecule has 24 heavy (non-hydrogen) atoms. The van der Waals surface area contributed by atoms with Crippen molar-refractivity contribution in [2.75, 3.05) is 7.11 Å². The smallest absolute Gasteiger partial charge is 0.308 e. The lowest BCUT2D eigenvalue weighted by atomic mass is 9.92. The fourth-order valence-electron chi connectivity index (χ4n) is 2.27. The summed E-state index contributed by atoms with van der Waals surface area (Å²) in [4.78, 5) is 12.0. The monoisotopic (exact) mass is 348 g/mol. The molecule has 1 atom stereocenters. The fourth-order valence-corrected chi connectivity index (χ4v) is 3.94. The molecule has 134 valence electrons. The van der Waals surface area contributed by atoms with Crippen LogP contribution in [0.15, 0.2) is 35.9 Å². The van der Waals surface area contributed by atoms with Gasteiger partial charge in [0, 0.05) is 0 Å². The minimum absolute atomic E-state index is 0.0669. The zero-order valence-electron chi connectivity index (χ0n) is 16.4. The molecule has 0 bridgehead atoms. The summed E-state index contributed by atoms with van der Waals surface area (Å²) in [5.41, 5.74) is 1.46. The number of ether oxygens (including phenoxy) is 1. The molecule has 0 saturated carbocycles. The predicted octanol–water partition coefficient (Wildman–Crippen LogP) is 5.43. The third kappa shape index (κ3) is 5.31. The molecule has 1 aromatic carbocycles. The first kappa shape index (κ1) is 20.7. The topological polar surface area (TPSA) is 35.5 Å². The maximum absolute atomic E-state index is 12.0. The highest BCUT2D eigenvalue weighted by molar-refractivity contribution is 6.74. The average Bonchev–Trinajstić information content (AvgIpc) is 2.46. The van der Waals surface area contributed by atoms with Crippen molar-refractivity contribution in [1.82, 2.24) is 0 Å². The van der Waals surface area contributed by atoms with Gasteiger partial charge in [0.15, 0.2) is 8.32 Å². The lowest BCUT2D eigenvalue weighted by Crippen LogP contribution is -2.50. The summed E-state index contributed by atoms with van der Waals surface area (Å²) in [6.07, 6.45) is 2.31. The molecular formula is C20H32O3Si. The number of rotatable bonds is 6. The van der Waals surface area contributed by atoms with Gasteiger partial charge in [-0.25, -0.2) is 0 Å². The van der Waals surface area contributed by atoms with Crippen LogP contribution in [0.1, 0.15) is 46.6 Å². The SMILES string of the molecule is COC(=O)C[C@](C)(O[Si](C)(C)C(C)(C)C)/C(C)=C/c1ccccc1. The molecule has 0 saturated heterocycles. The highest BCUT2D eigenvalue weighted by Crippen LogP contribution is 2.42. The van der Waals surface area contributed by atoms with E-state index in [1.165, 1.54) is 7.11 Å². The van der Waals surface area contributed by atoms with Crippen LogP contribution >= 0.6 is 0 Å². The van der Waals surface area contributed by atoms with Crippen LogP contribution in [0.2, 0.25) is 18.1 Å². The van der Waals surface area contributed by atoms with Crippen molar-refractivity contribution in [3.63, 3.8) is 0 Å². The van der Waals surface area contributed by atoms with E-state index in [0.29, 0.717) is 0 Å². The first-order chi connectivity index (χ1) is 10.9. The molecule has 3 nitrogen and oxygen atoms in total. The maximum Gasteiger partial charge on any atom is 0.308 e. The van der Waals surface area contributed by atoms with Gasteiger partial charge in [-0.05, 0) is 43.1 Å². The van der Waals surface area contributed by atoms with Crippen LogP contribution in [0.25, 0.3) is 6.08 Å². The lowest BCUT2D eigenvalue weighted by Gasteiger charge is -2.44. The van der Waals surface area contributed by atoms with Crippen LogP contribution in [0, 0.1) is 0 Å². The Hall–Kier alpha value is -1.39. The van der Waals surface area contributed by atoms with E-state index in [0.717, 1.165) is 11.1 Å². The highest BCUT2D eigenvalue weighted by atomic mass is 28.4. The van der Waals surface area contributed by atoms with Crippen molar-refractivity contribution in [2.45, 2.75) is 64.8 Å². The number of esters is 1. The van der Waals surface area contributed by atoms with Crippen LogP contribution in [-0.4, -0.2) is 27.0 Å². The Labute approximate surface area is 148 Å². The van der Waals surface area contributed by atoms with Gasteiger partial charge in [-0.1, -0.05) is 57.2 Å². The Bertz CT molecular complexity index is 585. The molecular weight excluding hydrogens is 316 g/mol. The molecule has 0 fully saturated rings.